The number of carbonyl (C=O) groups excluding carboxylic acids is 2. The zero-order chi connectivity index (χ0) is 18.8. The van der Waals surface area contributed by atoms with Gasteiger partial charge in [-0.05, 0) is 45.7 Å². The maximum absolute atomic E-state index is 11.7. The number of thioether (sulfide) groups is 1. The molecule has 0 aliphatic carbocycles. The normalized spacial score (nSPS) is 11.0. The van der Waals surface area contributed by atoms with Gasteiger partial charge in [0.05, 0.1) is 0 Å². The standard InChI is InChI=1S/C19H39N3O2S/c1-22(2)15-11-14-21-19(24)12-9-7-5-3-4-6-8-10-16-25-17-13-18(20)23/h3-17H2,1-2H3,(H2,20,23)(H,21,24). The predicted molar refractivity (Wildman–Crippen MR) is 109 cm³/mol. The van der Waals surface area contributed by atoms with E-state index in [0.717, 1.165) is 43.9 Å². The highest BCUT2D eigenvalue weighted by Crippen LogP contribution is 2.12. The van der Waals surface area contributed by atoms with E-state index in [4.69, 9.17) is 5.73 Å². The van der Waals surface area contributed by atoms with Crippen molar-refractivity contribution < 1.29 is 9.59 Å². The first-order valence-electron chi connectivity index (χ1n) is 9.80. The predicted octanol–water partition coefficient (Wildman–Crippen LogP) is 3.17. The first-order valence-corrected chi connectivity index (χ1v) is 11.0. The molecular formula is C19H39N3O2S. The summed E-state index contributed by atoms with van der Waals surface area (Å²) in [5.41, 5.74) is 5.10. The van der Waals surface area contributed by atoms with Crippen molar-refractivity contribution in [3.63, 3.8) is 0 Å². The van der Waals surface area contributed by atoms with Crippen LogP contribution < -0.4 is 11.1 Å². The lowest BCUT2D eigenvalue weighted by Gasteiger charge is -2.09. The highest BCUT2D eigenvalue weighted by atomic mass is 32.2. The van der Waals surface area contributed by atoms with Gasteiger partial charge in [0.1, 0.15) is 0 Å². The second-order valence-electron chi connectivity index (χ2n) is 6.91. The van der Waals surface area contributed by atoms with Gasteiger partial charge in [-0.2, -0.15) is 11.8 Å². The number of primary amides is 1. The third-order valence-electron chi connectivity index (χ3n) is 4.04. The summed E-state index contributed by atoms with van der Waals surface area (Å²) in [6, 6.07) is 0. The van der Waals surface area contributed by atoms with Crippen molar-refractivity contribution in [1.82, 2.24) is 10.2 Å². The van der Waals surface area contributed by atoms with E-state index < -0.39 is 0 Å². The van der Waals surface area contributed by atoms with Crippen LogP contribution in [0.15, 0.2) is 0 Å². The van der Waals surface area contributed by atoms with Crippen molar-refractivity contribution in [3.05, 3.63) is 0 Å². The number of nitrogens with zero attached hydrogens (tertiary/aromatic N) is 1. The van der Waals surface area contributed by atoms with Crippen LogP contribution in [0.3, 0.4) is 0 Å². The number of nitrogens with two attached hydrogens (primary N) is 1. The Kier molecular flexibility index (Phi) is 17.5. The number of hydrogen-bond donors (Lipinski definition) is 2. The van der Waals surface area contributed by atoms with Gasteiger partial charge in [-0.3, -0.25) is 9.59 Å². The maximum atomic E-state index is 11.7. The van der Waals surface area contributed by atoms with Crippen molar-refractivity contribution in [2.75, 3.05) is 38.7 Å². The highest BCUT2D eigenvalue weighted by molar-refractivity contribution is 7.99. The molecule has 0 aliphatic heterocycles. The van der Waals surface area contributed by atoms with Crippen LogP contribution in [0.1, 0.15) is 70.6 Å². The van der Waals surface area contributed by atoms with Crippen molar-refractivity contribution in [2.45, 2.75) is 70.6 Å². The molecular weight excluding hydrogens is 334 g/mol. The second-order valence-corrected chi connectivity index (χ2v) is 8.14. The minimum Gasteiger partial charge on any atom is -0.370 e. The minimum absolute atomic E-state index is 0.200. The van der Waals surface area contributed by atoms with E-state index in [1.54, 1.807) is 0 Å². The van der Waals surface area contributed by atoms with E-state index in [-0.39, 0.29) is 11.8 Å². The third kappa shape index (κ3) is 21.2. The molecule has 0 radical (unpaired) electrons. The number of rotatable bonds is 18. The topological polar surface area (TPSA) is 75.4 Å². The Balaban J connectivity index is 3.15. The van der Waals surface area contributed by atoms with Crippen LogP contribution in [-0.4, -0.2) is 55.4 Å². The number of carbonyl (C=O) groups is 2. The van der Waals surface area contributed by atoms with Gasteiger partial charge in [0, 0.05) is 25.1 Å². The molecule has 0 aliphatic rings. The molecule has 0 rings (SSSR count). The summed E-state index contributed by atoms with van der Waals surface area (Å²) in [7, 11) is 4.10. The molecule has 0 unspecified atom stereocenters. The molecule has 0 bridgehead atoms. The van der Waals surface area contributed by atoms with Gasteiger partial charge in [0.25, 0.3) is 0 Å². The Labute approximate surface area is 158 Å². The lowest BCUT2D eigenvalue weighted by atomic mass is 10.1. The Morgan fingerprint density at radius 2 is 1.44 bits per heavy atom. The molecule has 0 aromatic rings. The molecule has 0 spiro atoms. The third-order valence-corrected chi connectivity index (χ3v) is 5.11. The van der Waals surface area contributed by atoms with Gasteiger partial charge in [0.15, 0.2) is 0 Å². The molecule has 0 saturated heterocycles. The molecule has 0 atom stereocenters. The average Bonchev–Trinajstić information content (AvgIpc) is 2.55. The molecule has 3 N–H and O–H groups in total. The van der Waals surface area contributed by atoms with E-state index in [1.165, 1.54) is 38.5 Å². The Bertz CT molecular complexity index is 339. The highest BCUT2D eigenvalue weighted by Gasteiger charge is 2.01. The fourth-order valence-corrected chi connectivity index (χ4v) is 3.49. The van der Waals surface area contributed by atoms with E-state index in [1.807, 2.05) is 25.9 Å². The summed E-state index contributed by atoms with van der Waals surface area (Å²) in [4.78, 5) is 24.4. The molecule has 6 heteroatoms. The summed E-state index contributed by atoms with van der Waals surface area (Å²) in [6.45, 7) is 1.81. The quantitative estimate of drug-likeness (QED) is 0.362. The monoisotopic (exact) mass is 373 g/mol. The maximum Gasteiger partial charge on any atom is 0.219 e. The molecule has 0 aromatic carbocycles. The Morgan fingerprint density at radius 1 is 0.840 bits per heavy atom. The van der Waals surface area contributed by atoms with Gasteiger partial charge in [-0.15, -0.1) is 0 Å². The Hall–Kier alpha value is -0.750. The number of unbranched alkanes of at least 4 members (excludes halogenated alkanes) is 7. The van der Waals surface area contributed by atoms with Crippen LogP contribution >= 0.6 is 11.8 Å². The molecule has 0 fully saturated rings. The second kappa shape index (κ2) is 18.1. The lowest BCUT2D eigenvalue weighted by Crippen LogP contribution is -2.26. The summed E-state index contributed by atoms with van der Waals surface area (Å²) < 4.78 is 0. The van der Waals surface area contributed by atoms with Crippen molar-refractivity contribution in [2.24, 2.45) is 5.73 Å². The summed E-state index contributed by atoms with van der Waals surface area (Å²) in [5, 5.41) is 2.99. The summed E-state index contributed by atoms with van der Waals surface area (Å²) in [6.07, 6.45) is 12.0. The molecule has 25 heavy (non-hydrogen) atoms. The molecule has 148 valence electrons. The van der Waals surface area contributed by atoms with E-state index in [0.29, 0.717) is 12.8 Å². The molecule has 0 saturated carbocycles. The lowest BCUT2D eigenvalue weighted by molar-refractivity contribution is -0.121. The molecule has 0 heterocycles. The molecule has 2 amide bonds. The van der Waals surface area contributed by atoms with Gasteiger partial charge in [-0.1, -0.05) is 38.5 Å². The number of nitrogens with one attached hydrogen (secondary N) is 1. The SMILES string of the molecule is CN(C)CCCNC(=O)CCCCCCCCCCSCCC(N)=O. The zero-order valence-corrected chi connectivity index (χ0v) is 17.2. The van der Waals surface area contributed by atoms with Gasteiger partial charge in [-0.25, -0.2) is 0 Å². The number of hydrogen-bond acceptors (Lipinski definition) is 4. The largest absolute Gasteiger partial charge is 0.370 e. The minimum atomic E-state index is -0.200. The van der Waals surface area contributed by atoms with Crippen molar-refractivity contribution >= 4 is 23.6 Å². The van der Waals surface area contributed by atoms with E-state index >= 15 is 0 Å². The average molecular weight is 374 g/mol. The fourth-order valence-electron chi connectivity index (χ4n) is 2.54. The summed E-state index contributed by atoms with van der Waals surface area (Å²) >= 11 is 1.83. The van der Waals surface area contributed by atoms with Crippen LogP contribution in [0, 0.1) is 0 Å². The van der Waals surface area contributed by atoms with Gasteiger partial charge >= 0.3 is 0 Å². The van der Waals surface area contributed by atoms with Gasteiger partial charge < -0.3 is 16.0 Å². The van der Waals surface area contributed by atoms with Crippen LogP contribution in [0.25, 0.3) is 0 Å². The van der Waals surface area contributed by atoms with Crippen LogP contribution in [-0.2, 0) is 9.59 Å². The first-order chi connectivity index (χ1) is 12.0. The van der Waals surface area contributed by atoms with E-state index in [2.05, 4.69) is 10.2 Å². The number of amides is 2. The van der Waals surface area contributed by atoms with E-state index in [9.17, 15) is 9.59 Å². The van der Waals surface area contributed by atoms with Crippen LogP contribution in [0.5, 0.6) is 0 Å². The summed E-state index contributed by atoms with van der Waals surface area (Å²) in [5.74, 6) is 2.00. The Morgan fingerprint density at radius 3 is 2.04 bits per heavy atom. The van der Waals surface area contributed by atoms with Crippen LogP contribution in [0.2, 0.25) is 0 Å². The van der Waals surface area contributed by atoms with Crippen molar-refractivity contribution in [3.8, 4) is 0 Å². The molecule has 5 nitrogen and oxygen atoms in total. The molecule has 0 aromatic heterocycles. The zero-order valence-electron chi connectivity index (χ0n) is 16.4. The van der Waals surface area contributed by atoms with Crippen LogP contribution in [0.4, 0.5) is 0 Å². The first kappa shape index (κ1) is 24.2. The van der Waals surface area contributed by atoms with Crippen molar-refractivity contribution in [1.29, 1.82) is 0 Å². The smallest absolute Gasteiger partial charge is 0.219 e. The fraction of sp³-hybridized carbons (Fsp3) is 0.895. The van der Waals surface area contributed by atoms with Gasteiger partial charge in [0.2, 0.25) is 11.8 Å².